The lowest BCUT2D eigenvalue weighted by Crippen LogP contribution is -2.04. The molecule has 1 N–H and O–H groups in total. The highest BCUT2D eigenvalue weighted by atomic mass is 16.5. The molecule has 0 spiro atoms. The first-order valence-electron chi connectivity index (χ1n) is 9.05. The number of hydrogen-bond donors (Lipinski definition) is 1. The maximum absolute atomic E-state index is 5.36. The van der Waals surface area contributed by atoms with Crippen molar-refractivity contribution < 1.29 is 4.74 Å². The number of nitrogens with zero attached hydrogens (tertiary/aromatic N) is 3. The summed E-state index contributed by atoms with van der Waals surface area (Å²) in [6.07, 6.45) is 2.40. The van der Waals surface area contributed by atoms with Crippen LogP contribution in [0.3, 0.4) is 0 Å². The number of hydrazone groups is 1. The second kappa shape index (κ2) is 8.31. The Labute approximate surface area is 163 Å². The van der Waals surface area contributed by atoms with Crippen LogP contribution in [0, 0.1) is 0 Å². The van der Waals surface area contributed by atoms with Gasteiger partial charge in [0.05, 0.1) is 30.1 Å². The van der Waals surface area contributed by atoms with Crippen LogP contribution in [-0.2, 0) is 6.42 Å². The summed E-state index contributed by atoms with van der Waals surface area (Å²) >= 11 is 0. The highest BCUT2D eigenvalue weighted by molar-refractivity contribution is 5.84. The zero-order chi connectivity index (χ0) is 19.2. The zero-order valence-electron chi connectivity index (χ0n) is 15.5. The number of aromatic nitrogens is 2. The Morgan fingerprint density at radius 2 is 1.54 bits per heavy atom. The second-order valence-electron chi connectivity index (χ2n) is 6.28. The van der Waals surface area contributed by atoms with Crippen LogP contribution in [0.5, 0.6) is 5.75 Å². The van der Waals surface area contributed by atoms with Crippen molar-refractivity contribution in [3.63, 3.8) is 0 Å². The molecule has 1 aromatic heterocycles. The smallest absolute Gasteiger partial charge is 0.169 e. The molecule has 0 unspecified atom stereocenters. The summed E-state index contributed by atoms with van der Waals surface area (Å²) in [5, 5.41) is 4.37. The first-order chi connectivity index (χ1) is 13.8. The van der Waals surface area contributed by atoms with E-state index in [-0.39, 0.29) is 0 Å². The van der Waals surface area contributed by atoms with E-state index < -0.39 is 0 Å². The van der Waals surface area contributed by atoms with Crippen LogP contribution in [0.2, 0.25) is 0 Å². The van der Waals surface area contributed by atoms with Gasteiger partial charge in [-0.1, -0.05) is 54.6 Å². The highest BCUT2D eigenvalue weighted by Crippen LogP contribution is 2.20. The Kier molecular flexibility index (Phi) is 5.24. The van der Waals surface area contributed by atoms with Gasteiger partial charge in [0.15, 0.2) is 5.82 Å². The summed E-state index contributed by atoms with van der Waals surface area (Å²) < 4.78 is 5.36. The second-order valence-corrected chi connectivity index (χ2v) is 6.28. The van der Waals surface area contributed by atoms with E-state index in [1.165, 1.54) is 5.56 Å². The molecule has 138 valence electrons. The summed E-state index contributed by atoms with van der Waals surface area (Å²) in [5.74, 6) is 1.41. The molecule has 0 aliphatic rings. The lowest BCUT2D eigenvalue weighted by molar-refractivity contribution is 0.414. The number of ether oxygens (including phenoxy) is 1. The van der Waals surface area contributed by atoms with Gasteiger partial charge in [-0.15, -0.1) is 0 Å². The Morgan fingerprint density at radius 3 is 2.32 bits per heavy atom. The number of para-hydroxylation sites is 3. The van der Waals surface area contributed by atoms with Gasteiger partial charge in [-0.2, -0.15) is 5.10 Å². The fourth-order valence-electron chi connectivity index (χ4n) is 2.97. The molecule has 4 aromatic rings. The summed E-state index contributed by atoms with van der Waals surface area (Å²) in [6, 6.07) is 25.8. The number of anilines is 1. The maximum Gasteiger partial charge on any atom is 0.169 e. The van der Waals surface area contributed by atoms with E-state index in [1.807, 2.05) is 66.7 Å². The lowest BCUT2D eigenvalue weighted by Gasteiger charge is -2.09. The van der Waals surface area contributed by atoms with Crippen LogP contribution in [0.15, 0.2) is 84.0 Å². The monoisotopic (exact) mass is 368 g/mol. The van der Waals surface area contributed by atoms with Crippen LogP contribution in [0.25, 0.3) is 11.0 Å². The van der Waals surface area contributed by atoms with Gasteiger partial charge in [0.1, 0.15) is 5.75 Å². The molecule has 0 fully saturated rings. The first kappa shape index (κ1) is 17.7. The first-order valence-corrected chi connectivity index (χ1v) is 9.05. The van der Waals surface area contributed by atoms with Gasteiger partial charge < -0.3 is 4.74 Å². The fourth-order valence-corrected chi connectivity index (χ4v) is 2.97. The molecule has 0 aliphatic carbocycles. The third kappa shape index (κ3) is 3.99. The Bertz CT molecular complexity index is 1110. The van der Waals surface area contributed by atoms with Crippen LogP contribution in [-0.4, -0.2) is 23.3 Å². The number of fused-ring (bicyclic) bond motifs is 1. The van der Waals surface area contributed by atoms with Crippen LogP contribution in [0.4, 0.5) is 5.82 Å². The molecule has 5 nitrogen and oxygen atoms in total. The number of methoxy groups -OCH3 is 1. The number of hydrogen-bond acceptors (Lipinski definition) is 5. The molecule has 1 heterocycles. The average Bonchev–Trinajstić information content (AvgIpc) is 2.75. The van der Waals surface area contributed by atoms with Crippen LogP contribution in [0.1, 0.15) is 16.8 Å². The minimum Gasteiger partial charge on any atom is -0.496 e. The van der Waals surface area contributed by atoms with Gasteiger partial charge in [-0.3, -0.25) is 5.43 Å². The minimum absolute atomic E-state index is 0.647. The molecule has 0 saturated carbocycles. The normalized spacial score (nSPS) is 11.0. The SMILES string of the molecule is COc1ccccc1/C=N/Nc1nc2ccccc2nc1Cc1ccccc1. The Balaban J connectivity index is 1.66. The molecule has 0 bridgehead atoms. The molecule has 4 rings (SSSR count). The molecule has 0 aliphatic heterocycles. The van der Waals surface area contributed by atoms with Crippen LogP contribution >= 0.6 is 0 Å². The van der Waals surface area contributed by atoms with Gasteiger partial charge in [-0.05, 0) is 29.8 Å². The van der Waals surface area contributed by atoms with Gasteiger partial charge in [0.25, 0.3) is 0 Å². The standard InChI is InChI=1S/C23H20N4O/c1-28-22-14-8-5-11-18(22)16-24-27-23-21(15-17-9-3-2-4-10-17)25-19-12-6-7-13-20(19)26-23/h2-14,16H,15H2,1H3,(H,26,27)/b24-16+. The average molecular weight is 368 g/mol. The molecule has 0 amide bonds. The van der Waals surface area contributed by atoms with E-state index in [9.17, 15) is 0 Å². The van der Waals surface area contributed by atoms with Crippen molar-refractivity contribution in [2.24, 2.45) is 5.10 Å². The summed E-state index contributed by atoms with van der Waals surface area (Å²) in [6.45, 7) is 0. The van der Waals surface area contributed by atoms with Crippen molar-refractivity contribution in [1.82, 2.24) is 9.97 Å². The van der Waals surface area contributed by atoms with E-state index in [4.69, 9.17) is 14.7 Å². The molecule has 0 atom stereocenters. The predicted molar refractivity (Wildman–Crippen MR) is 113 cm³/mol. The van der Waals surface area contributed by atoms with Crippen molar-refractivity contribution in [1.29, 1.82) is 0 Å². The van der Waals surface area contributed by atoms with Crippen molar-refractivity contribution in [2.45, 2.75) is 6.42 Å². The predicted octanol–water partition coefficient (Wildman–Crippen LogP) is 4.68. The highest BCUT2D eigenvalue weighted by Gasteiger charge is 2.09. The van der Waals surface area contributed by atoms with Crippen molar-refractivity contribution >= 4 is 23.1 Å². The Hall–Kier alpha value is -3.73. The zero-order valence-corrected chi connectivity index (χ0v) is 15.5. The van der Waals surface area contributed by atoms with Gasteiger partial charge in [0.2, 0.25) is 0 Å². The van der Waals surface area contributed by atoms with Gasteiger partial charge in [0, 0.05) is 12.0 Å². The van der Waals surface area contributed by atoms with Crippen LogP contribution < -0.4 is 10.2 Å². The molecule has 3 aromatic carbocycles. The van der Waals surface area contributed by atoms with Crippen molar-refractivity contribution in [2.75, 3.05) is 12.5 Å². The maximum atomic E-state index is 5.36. The number of rotatable bonds is 6. The largest absolute Gasteiger partial charge is 0.496 e. The lowest BCUT2D eigenvalue weighted by atomic mass is 10.1. The number of benzene rings is 3. The molecule has 28 heavy (non-hydrogen) atoms. The quantitative estimate of drug-likeness (QED) is 0.397. The van der Waals surface area contributed by atoms with Gasteiger partial charge >= 0.3 is 0 Å². The molecule has 0 radical (unpaired) electrons. The third-order valence-corrected chi connectivity index (χ3v) is 4.37. The number of nitrogens with one attached hydrogen (secondary N) is 1. The topological polar surface area (TPSA) is 59.4 Å². The molecule has 5 heteroatoms. The molecular weight excluding hydrogens is 348 g/mol. The Morgan fingerprint density at radius 1 is 0.857 bits per heavy atom. The van der Waals surface area contributed by atoms with E-state index in [0.29, 0.717) is 12.2 Å². The molecule has 0 saturated heterocycles. The van der Waals surface area contributed by atoms with E-state index in [2.05, 4.69) is 22.7 Å². The van der Waals surface area contributed by atoms with E-state index in [0.717, 1.165) is 28.0 Å². The third-order valence-electron chi connectivity index (χ3n) is 4.37. The van der Waals surface area contributed by atoms with E-state index >= 15 is 0 Å². The summed E-state index contributed by atoms with van der Waals surface area (Å²) in [7, 11) is 1.65. The van der Waals surface area contributed by atoms with Crippen molar-refractivity contribution in [3.8, 4) is 5.75 Å². The summed E-state index contributed by atoms with van der Waals surface area (Å²) in [5.41, 5.74) is 7.67. The van der Waals surface area contributed by atoms with Gasteiger partial charge in [-0.25, -0.2) is 9.97 Å². The van der Waals surface area contributed by atoms with Crippen molar-refractivity contribution in [3.05, 3.63) is 95.7 Å². The summed E-state index contributed by atoms with van der Waals surface area (Å²) in [4.78, 5) is 9.53. The molecular formula is C23H20N4O. The fraction of sp³-hybridized carbons (Fsp3) is 0.0870. The minimum atomic E-state index is 0.647. The van der Waals surface area contributed by atoms with E-state index in [1.54, 1.807) is 13.3 Å².